The van der Waals surface area contributed by atoms with Gasteiger partial charge in [0.05, 0.1) is 0 Å². The summed E-state index contributed by atoms with van der Waals surface area (Å²) in [5.41, 5.74) is 0.987. The molecule has 27 heavy (non-hydrogen) atoms. The molecule has 0 saturated heterocycles. The van der Waals surface area contributed by atoms with Gasteiger partial charge in [-0.1, -0.05) is 62.4 Å². The Bertz CT molecular complexity index is 650. The molecule has 0 aliphatic rings. The zero-order valence-electron chi connectivity index (χ0n) is 16.2. The van der Waals surface area contributed by atoms with E-state index >= 15 is 0 Å². The number of benzene rings is 2. The fourth-order valence-corrected chi connectivity index (χ4v) is 3.50. The van der Waals surface area contributed by atoms with E-state index in [0.717, 1.165) is 30.8 Å². The molecule has 0 aromatic heterocycles. The normalized spacial score (nSPS) is 12.0. The van der Waals surface area contributed by atoms with Crippen LogP contribution in [0.2, 0.25) is 0 Å². The lowest BCUT2D eigenvalue weighted by Crippen LogP contribution is -2.39. The molecule has 2 N–H and O–H groups in total. The second-order valence-electron chi connectivity index (χ2n) is 6.91. The van der Waals surface area contributed by atoms with Crippen molar-refractivity contribution < 1.29 is 9.53 Å². The molecule has 0 saturated carbocycles. The highest BCUT2D eigenvalue weighted by Crippen LogP contribution is 2.18. The zero-order valence-corrected chi connectivity index (χ0v) is 17.0. The van der Waals surface area contributed by atoms with Crippen LogP contribution >= 0.6 is 11.8 Å². The molecule has 146 valence electrons. The van der Waals surface area contributed by atoms with E-state index in [1.165, 1.54) is 4.90 Å². The minimum atomic E-state index is -0.360. The van der Waals surface area contributed by atoms with Crippen molar-refractivity contribution in [3.8, 4) is 0 Å². The highest BCUT2D eigenvalue weighted by atomic mass is 32.2. The van der Waals surface area contributed by atoms with Gasteiger partial charge in [-0.3, -0.25) is 0 Å². The summed E-state index contributed by atoms with van der Waals surface area (Å²) in [4.78, 5) is 13.4. The van der Waals surface area contributed by atoms with Gasteiger partial charge < -0.3 is 15.4 Å². The lowest BCUT2D eigenvalue weighted by molar-refractivity contribution is 0.136. The third-order valence-corrected chi connectivity index (χ3v) is 5.13. The van der Waals surface area contributed by atoms with Gasteiger partial charge in [0.2, 0.25) is 0 Å². The number of rotatable bonds is 11. The fraction of sp³-hybridized carbons (Fsp3) is 0.409. The number of thioether (sulfide) groups is 1. The van der Waals surface area contributed by atoms with Crippen LogP contribution < -0.4 is 10.6 Å². The number of carbonyl (C=O) groups is 1. The van der Waals surface area contributed by atoms with Crippen molar-refractivity contribution in [3.05, 3.63) is 66.2 Å². The average molecular weight is 387 g/mol. The maximum Gasteiger partial charge on any atom is 0.407 e. The third-order valence-electron chi connectivity index (χ3n) is 3.95. The number of alkyl carbamates (subject to hydrolysis) is 1. The molecule has 0 bridgehead atoms. The number of carbonyl (C=O) groups excluding carboxylic acids is 1. The highest BCUT2D eigenvalue weighted by Gasteiger charge is 2.14. The van der Waals surface area contributed by atoms with Crippen molar-refractivity contribution in [2.75, 3.05) is 18.8 Å². The Morgan fingerprint density at radius 1 is 1.04 bits per heavy atom. The summed E-state index contributed by atoms with van der Waals surface area (Å²) in [6, 6.07) is 20.0. The van der Waals surface area contributed by atoms with E-state index in [0.29, 0.717) is 5.92 Å². The SMILES string of the molecule is CC(C)CNCC[C@H](CSc1ccccc1)NC(=O)OCc1ccccc1. The molecule has 0 heterocycles. The van der Waals surface area contributed by atoms with Gasteiger partial charge in [0.1, 0.15) is 6.61 Å². The average Bonchev–Trinajstić information content (AvgIpc) is 2.69. The van der Waals surface area contributed by atoms with E-state index in [4.69, 9.17) is 4.74 Å². The van der Waals surface area contributed by atoms with Gasteiger partial charge in [-0.15, -0.1) is 11.8 Å². The van der Waals surface area contributed by atoms with Gasteiger partial charge in [-0.05, 0) is 43.1 Å². The Kier molecular flexibility index (Phi) is 9.80. The minimum absolute atomic E-state index is 0.0538. The first-order valence-corrected chi connectivity index (χ1v) is 10.5. The Hall–Kier alpha value is -1.98. The topological polar surface area (TPSA) is 50.4 Å². The maximum atomic E-state index is 12.2. The van der Waals surface area contributed by atoms with Crippen LogP contribution in [0.25, 0.3) is 0 Å². The number of hydrogen-bond acceptors (Lipinski definition) is 4. The summed E-state index contributed by atoms with van der Waals surface area (Å²) < 4.78 is 5.38. The van der Waals surface area contributed by atoms with Crippen LogP contribution in [0.4, 0.5) is 4.79 Å². The first-order valence-electron chi connectivity index (χ1n) is 9.49. The predicted molar refractivity (Wildman–Crippen MR) is 113 cm³/mol. The largest absolute Gasteiger partial charge is 0.445 e. The Morgan fingerprint density at radius 2 is 1.70 bits per heavy atom. The van der Waals surface area contributed by atoms with Gasteiger partial charge in [-0.2, -0.15) is 0 Å². The molecule has 2 rings (SSSR count). The van der Waals surface area contributed by atoms with Gasteiger partial charge in [-0.25, -0.2) is 4.79 Å². The molecule has 0 aliphatic carbocycles. The lowest BCUT2D eigenvalue weighted by Gasteiger charge is -2.19. The quantitative estimate of drug-likeness (QED) is 0.434. The Labute approximate surface area is 167 Å². The molecular weight excluding hydrogens is 356 g/mol. The second-order valence-corrected chi connectivity index (χ2v) is 8.01. The lowest BCUT2D eigenvalue weighted by atomic mass is 10.2. The number of hydrogen-bond donors (Lipinski definition) is 2. The van der Waals surface area contributed by atoms with Crippen LogP contribution in [0, 0.1) is 5.92 Å². The van der Waals surface area contributed by atoms with E-state index in [1.54, 1.807) is 11.8 Å². The molecule has 2 aromatic carbocycles. The summed E-state index contributed by atoms with van der Waals surface area (Å²) in [6.45, 7) is 6.52. The molecule has 0 unspecified atom stereocenters. The first kappa shape index (κ1) is 21.3. The predicted octanol–water partition coefficient (Wildman–Crippen LogP) is 4.71. The zero-order chi connectivity index (χ0) is 19.3. The number of ether oxygens (including phenoxy) is 1. The number of amides is 1. The molecule has 0 spiro atoms. The summed E-state index contributed by atoms with van der Waals surface area (Å²) in [6.07, 6.45) is 0.508. The monoisotopic (exact) mass is 386 g/mol. The second kappa shape index (κ2) is 12.4. The van der Waals surface area contributed by atoms with Crippen molar-refractivity contribution in [3.63, 3.8) is 0 Å². The van der Waals surface area contributed by atoms with Gasteiger partial charge in [0.25, 0.3) is 0 Å². The van der Waals surface area contributed by atoms with Crippen molar-refractivity contribution >= 4 is 17.9 Å². The van der Waals surface area contributed by atoms with Crippen molar-refractivity contribution in [2.24, 2.45) is 5.92 Å². The standard InChI is InChI=1S/C22H30N2O2S/c1-18(2)15-23-14-13-20(17-27-21-11-7-4-8-12-21)24-22(25)26-16-19-9-5-3-6-10-19/h3-12,18,20,23H,13-17H2,1-2H3,(H,24,25)/t20-/m1/s1. The Balaban J connectivity index is 1.80. The molecule has 4 nitrogen and oxygen atoms in total. The van der Waals surface area contributed by atoms with Crippen molar-refractivity contribution in [1.29, 1.82) is 0 Å². The van der Waals surface area contributed by atoms with Crippen molar-refractivity contribution in [1.82, 2.24) is 10.6 Å². The molecule has 2 aromatic rings. The van der Waals surface area contributed by atoms with Crippen LogP contribution in [-0.2, 0) is 11.3 Å². The van der Waals surface area contributed by atoms with Gasteiger partial charge >= 0.3 is 6.09 Å². The van der Waals surface area contributed by atoms with Gasteiger partial charge in [0.15, 0.2) is 0 Å². The minimum Gasteiger partial charge on any atom is -0.445 e. The van der Waals surface area contributed by atoms with Crippen LogP contribution in [-0.4, -0.2) is 31.0 Å². The molecule has 0 aliphatic heterocycles. The van der Waals surface area contributed by atoms with Crippen LogP contribution in [0.3, 0.4) is 0 Å². The molecule has 1 amide bonds. The highest BCUT2D eigenvalue weighted by molar-refractivity contribution is 7.99. The first-order chi connectivity index (χ1) is 13.1. The smallest absolute Gasteiger partial charge is 0.407 e. The van der Waals surface area contributed by atoms with E-state index in [9.17, 15) is 4.79 Å². The molecule has 1 atom stereocenters. The third kappa shape index (κ3) is 9.50. The summed E-state index contributed by atoms with van der Waals surface area (Å²) in [5, 5.41) is 6.47. The van der Waals surface area contributed by atoms with E-state index in [2.05, 4.69) is 36.6 Å². The molecule has 0 fully saturated rings. The summed E-state index contributed by atoms with van der Waals surface area (Å²) >= 11 is 1.75. The van der Waals surface area contributed by atoms with Gasteiger partial charge in [0, 0.05) is 16.7 Å². The van der Waals surface area contributed by atoms with Crippen molar-refractivity contribution in [2.45, 2.75) is 37.8 Å². The van der Waals surface area contributed by atoms with Crippen LogP contribution in [0.15, 0.2) is 65.6 Å². The maximum absolute atomic E-state index is 12.2. The summed E-state index contributed by atoms with van der Waals surface area (Å²) in [5.74, 6) is 1.43. The fourth-order valence-electron chi connectivity index (χ4n) is 2.51. The molecule has 0 radical (unpaired) electrons. The molecular formula is C22H30N2O2S. The van der Waals surface area contributed by atoms with Crippen LogP contribution in [0.1, 0.15) is 25.8 Å². The summed E-state index contributed by atoms with van der Waals surface area (Å²) in [7, 11) is 0. The van der Waals surface area contributed by atoms with E-state index in [-0.39, 0.29) is 18.7 Å². The van der Waals surface area contributed by atoms with Crippen LogP contribution in [0.5, 0.6) is 0 Å². The van der Waals surface area contributed by atoms with E-state index in [1.807, 2.05) is 48.5 Å². The Morgan fingerprint density at radius 3 is 2.37 bits per heavy atom. The number of nitrogens with one attached hydrogen (secondary N) is 2. The van der Waals surface area contributed by atoms with E-state index < -0.39 is 0 Å². The molecule has 5 heteroatoms.